The van der Waals surface area contributed by atoms with E-state index in [4.69, 9.17) is 11.6 Å². The minimum Gasteiger partial charge on any atom is -0.345 e. The van der Waals surface area contributed by atoms with Crippen molar-refractivity contribution < 1.29 is 18.8 Å². The fourth-order valence-corrected chi connectivity index (χ4v) is 3.04. The van der Waals surface area contributed by atoms with E-state index in [0.717, 1.165) is 0 Å². The van der Waals surface area contributed by atoms with Crippen molar-refractivity contribution in [2.45, 2.75) is 40.2 Å². The maximum Gasteiger partial charge on any atom is 0.294 e. The summed E-state index contributed by atoms with van der Waals surface area (Å²) in [5.74, 6) is -2.89. The molecule has 7 nitrogen and oxygen atoms in total. The molecular formula is C19H22ClFN4O3. The standard InChI is InChI=1S/C19H22ClFN4O3/c1-9-7-11(8-22-16(9)21)23-17(27)12-10(2)25(6)14(13(12)20)15(26)18(28)24-19(3,4)5/h7-8H,1-6H3,(H,23,27)(H,24,28). The average Bonchev–Trinajstić information content (AvgIpc) is 2.78. The molecule has 0 unspecified atom stereocenters. The first-order valence-corrected chi connectivity index (χ1v) is 8.86. The fourth-order valence-electron chi connectivity index (χ4n) is 2.60. The molecule has 150 valence electrons. The molecule has 0 bridgehead atoms. The van der Waals surface area contributed by atoms with Crippen LogP contribution in [0.5, 0.6) is 0 Å². The Balaban J connectivity index is 2.38. The topological polar surface area (TPSA) is 93.1 Å². The highest BCUT2D eigenvalue weighted by molar-refractivity contribution is 6.48. The van der Waals surface area contributed by atoms with Gasteiger partial charge in [0.05, 0.1) is 22.5 Å². The van der Waals surface area contributed by atoms with Crippen molar-refractivity contribution in [1.29, 1.82) is 0 Å². The lowest BCUT2D eigenvalue weighted by Gasteiger charge is -2.19. The van der Waals surface area contributed by atoms with Crippen LogP contribution in [-0.4, -0.2) is 32.7 Å². The molecule has 0 aliphatic rings. The van der Waals surface area contributed by atoms with Crippen LogP contribution < -0.4 is 10.6 Å². The highest BCUT2D eigenvalue weighted by Gasteiger charge is 2.31. The molecule has 0 atom stereocenters. The van der Waals surface area contributed by atoms with E-state index in [1.54, 1.807) is 34.7 Å². The number of nitrogens with zero attached hydrogens (tertiary/aromatic N) is 2. The van der Waals surface area contributed by atoms with Crippen molar-refractivity contribution in [2.75, 3.05) is 5.32 Å². The van der Waals surface area contributed by atoms with E-state index in [0.29, 0.717) is 5.69 Å². The average molecular weight is 409 g/mol. The van der Waals surface area contributed by atoms with Crippen LogP contribution in [0, 0.1) is 19.8 Å². The highest BCUT2D eigenvalue weighted by Crippen LogP contribution is 2.28. The third-order valence-electron chi connectivity index (χ3n) is 4.04. The number of rotatable bonds is 4. The fraction of sp³-hybridized carbons (Fsp3) is 0.368. The lowest BCUT2D eigenvalue weighted by atomic mass is 10.1. The van der Waals surface area contributed by atoms with Crippen LogP contribution >= 0.6 is 11.6 Å². The number of halogens is 2. The summed E-state index contributed by atoms with van der Waals surface area (Å²) >= 11 is 6.30. The van der Waals surface area contributed by atoms with Gasteiger partial charge in [-0.25, -0.2) is 4.98 Å². The van der Waals surface area contributed by atoms with Gasteiger partial charge in [-0.15, -0.1) is 0 Å². The summed E-state index contributed by atoms with van der Waals surface area (Å²) in [6.45, 7) is 8.35. The van der Waals surface area contributed by atoms with Crippen molar-refractivity contribution in [3.8, 4) is 0 Å². The number of carbonyl (C=O) groups is 3. The van der Waals surface area contributed by atoms with Crippen LogP contribution in [0.15, 0.2) is 12.3 Å². The lowest BCUT2D eigenvalue weighted by molar-refractivity contribution is -0.118. The molecule has 2 rings (SSSR count). The molecule has 0 aromatic carbocycles. The van der Waals surface area contributed by atoms with E-state index in [1.165, 1.54) is 23.8 Å². The second-order valence-corrected chi connectivity index (χ2v) is 7.88. The Kier molecular flexibility index (Phi) is 5.94. The zero-order chi connectivity index (χ0) is 21.4. The van der Waals surface area contributed by atoms with Crippen LogP contribution in [0.25, 0.3) is 0 Å². The van der Waals surface area contributed by atoms with E-state index < -0.39 is 29.1 Å². The van der Waals surface area contributed by atoms with Gasteiger partial charge in [-0.05, 0) is 40.7 Å². The zero-order valence-electron chi connectivity index (χ0n) is 16.5. The molecule has 0 fully saturated rings. The Hall–Kier alpha value is -2.74. The molecule has 28 heavy (non-hydrogen) atoms. The number of ketones is 1. The van der Waals surface area contributed by atoms with E-state index in [2.05, 4.69) is 15.6 Å². The van der Waals surface area contributed by atoms with Crippen LogP contribution in [0.1, 0.15) is 52.9 Å². The van der Waals surface area contributed by atoms with Gasteiger partial charge < -0.3 is 15.2 Å². The summed E-state index contributed by atoms with van der Waals surface area (Å²) in [5, 5.41) is 5.03. The van der Waals surface area contributed by atoms with Crippen molar-refractivity contribution in [3.63, 3.8) is 0 Å². The maximum absolute atomic E-state index is 13.3. The maximum atomic E-state index is 13.3. The number of hydrogen-bond donors (Lipinski definition) is 2. The molecule has 0 aliphatic carbocycles. The van der Waals surface area contributed by atoms with Gasteiger partial charge in [-0.1, -0.05) is 11.6 Å². The molecule has 2 aromatic heterocycles. The molecule has 9 heteroatoms. The first-order valence-electron chi connectivity index (χ1n) is 8.48. The largest absolute Gasteiger partial charge is 0.345 e. The second kappa shape index (κ2) is 7.71. The first kappa shape index (κ1) is 21.6. The second-order valence-electron chi connectivity index (χ2n) is 7.50. The SMILES string of the molecule is Cc1cc(NC(=O)c2c(Cl)c(C(=O)C(=O)NC(C)(C)C)n(C)c2C)cnc1F. The summed E-state index contributed by atoms with van der Waals surface area (Å²) in [6, 6.07) is 1.43. The third-order valence-corrected chi connectivity index (χ3v) is 4.40. The predicted octanol–water partition coefficient (Wildman–Crippen LogP) is 3.18. The van der Waals surface area contributed by atoms with E-state index in [9.17, 15) is 18.8 Å². The summed E-state index contributed by atoms with van der Waals surface area (Å²) in [6.07, 6.45) is 1.18. The number of Topliss-reactive ketones (excluding diaryl/α,β-unsaturated/α-hetero) is 1. The van der Waals surface area contributed by atoms with Gasteiger partial charge in [-0.3, -0.25) is 14.4 Å². The number of hydrogen-bond acceptors (Lipinski definition) is 4. The number of aryl methyl sites for hydroxylation is 1. The van der Waals surface area contributed by atoms with Gasteiger partial charge in [0.2, 0.25) is 5.95 Å². The zero-order valence-corrected chi connectivity index (χ0v) is 17.3. The first-order chi connectivity index (χ1) is 12.8. The normalized spacial score (nSPS) is 11.3. The van der Waals surface area contributed by atoms with Crippen molar-refractivity contribution in [2.24, 2.45) is 7.05 Å². The molecule has 0 aliphatic heterocycles. The Labute approximate surface area is 167 Å². The Morgan fingerprint density at radius 1 is 1.21 bits per heavy atom. The Bertz CT molecular complexity index is 977. The minimum absolute atomic E-state index is 0.0538. The number of nitrogens with one attached hydrogen (secondary N) is 2. The van der Waals surface area contributed by atoms with Crippen LogP contribution in [0.4, 0.5) is 10.1 Å². The number of anilines is 1. The van der Waals surface area contributed by atoms with E-state index in [-0.39, 0.29) is 27.5 Å². The highest BCUT2D eigenvalue weighted by atomic mass is 35.5. The van der Waals surface area contributed by atoms with Crippen molar-refractivity contribution >= 4 is 34.9 Å². The smallest absolute Gasteiger partial charge is 0.294 e. The van der Waals surface area contributed by atoms with E-state index in [1.807, 2.05) is 0 Å². The Morgan fingerprint density at radius 2 is 1.82 bits per heavy atom. The summed E-state index contributed by atoms with van der Waals surface area (Å²) in [4.78, 5) is 41.1. The minimum atomic E-state index is -0.844. The van der Waals surface area contributed by atoms with E-state index >= 15 is 0 Å². The summed E-state index contributed by atoms with van der Waals surface area (Å²) < 4.78 is 14.7. The summed E-state index contributed by atoms with van der Waals surface area (Å²) in [7, 11) is 1.54. The summed E-state index contributed by atoms with van der Waals surface area (Å²) in [5.41, 5.74) is 0.316. The predicted molar refractivity (Wildman–Crippen MR) is 104 cm³/mol. The van der Waals surface area contributed by atoms with Crippen molar-refractivity contribution in [1.82, 2.24) is 14.9 Å². The van der Waals surface area contributed by atoms with Crippen LogP contribution in [-0.2, 0) is 11.8 Å². The number of aromatic nitrogens is 2. The molecule has 2 amide bonds. The van der Waals surface area contributed by atoms with Gasteiger partial charge >= 0.3 is 0 Å². The number of amides is 2. The molecule has 0 saturated carbocycles. The van der Waals surface area contributed by atoms with Gasteiger partial charge in [0.15, 0.2) is 0 Å². The van der Waals surface area contributed by atoms with Gasteiger partial charge in [0.1, 0.15) is 5.69 Å². The van der Waals surface area contributed by atoms with Gasteiger partial charge in [-0.2, -0.15) is 4.39 Å². The van der Waals surface area contributed by atoms with Crippen LogP contribution in [0.3, 0.4) is 0 Å². The molecule has 2 heterocycles. The van der Waals surface area contributed by atoms with Gasteiger partial charge in [0.25, 0.3) is 17.6 Å². The number of carbonyl (C=O) groups excluding carboxylic acids is 3. The van der Waals surface area contributed by atoms with Gasteiger partial charge in [0, 0.05) is 23.8 Å². The third kappa shape index (κ3) is 4.39. The molecule has 0 spiro atoms. The monoisotopic (exact) mass is 408 g/mol. The molecule has 0 radical (unpaired) electrons. The molecule has 2 aromatic rings. The van der Waals surface area contributed by atoms with Crippen LogP contribution in [0.2, 0.25) is 5.02 Å². The van der Waals surface area contributed by atoms with Crippen molar-refractivity contribution in [3.05, 3.63) is 45.7 Å². The molecule has 2 N–H and O–H groups in total. The number of pyridine rings is 1. The quantitative estimate of drug-likeness (QED) is 0.461. The lowest BCUT2D eigenvalue weighted by Crippen LogP contribution is -2.44. The molecular weight excluding hydrogens is 387 g/mol. The Morgan fingerprint density at radius 3 is 2.36 bits per heavy atom. The molecule has 0 saturated heterocycles.